The minimum atomic E-state index is -3.81. The number of benzene rings is 2. The summed E-state index contributed by atoms with van der Waals surface area (Å²) in [6.45, 7) is 5.72. The van der Waals surface area contributed by atoms with Gasteiger partial charge in [0.2, 0.25) is 10.0 Å². The predicted molar refractivity (Wildman–Crippen MR) is 105 cm³/mol. The van der Waals surface area contributed by atoms with Gasteiger partial charge in [0.25, 0.3) is 0 Å². The van der Waals surface area contributed by atoms with Crippen molar-refractivity contribution in [3.05, 3.63) is 59.2 Å². The summed E-state index contributed by atoms with van der Waals surface area (Å²) in [6, 6.07) is 12.2. The molecular weight excluding hydrogens is 364 g/mol. The van der Waals surface area contributed by atoms with Crippen molar-refractivity contribution in [3.8, 4) is 0 Å². The second kappa shape index (κ2) is 8.45. The van der Waals surface area contributed by atoms with Gasteiger partial charge in [-0.05, 0) is 30.7 Å². The van der Waals surface area contributed by atoms with Crippen molar-refractivity contribution in [2.24, 2.45) is 11.1 Å². The Morgan fingerprint density at radius 1 is 1.15 bits per heavy atom. The molecule has 3 rings (SSSR count). The van der Waals surface area contributed by atoms with E-state index in [0.717, 1.165) is 17.4 Å². The third-order valence-electron chi connectivity index (χ3n) is 4.09. The molecule has 0 amide bonds. The summed E-state index contributed by atoms with van der Waals surface area (Å²) >= 11 is 0. The fourth-order valence-corrected chi connectivity index (χ4v) is 3.13. The SMILES string of the molecule is CC(C)C=O.Cc1ccc(C2CC(=O)c3cc(S(N)(=O)=O)ccc3N2)cc1. The normalized spacial score (nSPS) is 16.0. The van der Waals surface area contributed by atoms with Crippen molar-refractivity contribution in [2.45, 2.75) is 38.1 Å². The molecule has 1 aliphatic heterocycles. The van der Waals surface area contributed by atoms with Gasteiger partial charge in [0.15, 0.2) is 5.78 Å². The monoisotopic (exact) mass is 388 g/mol. The van der Waals surface area contributed by atoms with Gasteiger partial charge in [-0.15, -0.1) is 0 Å². The molecule has 1 aliphatic rings. The Morgan fingerprint density at radius 3 is 2.26 bits per heavy atom. The number of Topliss-reactive ketones (excluding diaryl/α,β-unsaturated/α-hetero) is 1. The second-order valence-electron chi connectivity index (χ2n) is 6.87. The molecular formula is C20H24N2O4S. The van der Waals surface area contributed by atoms with Crippen LogP contribution in [0.4, 0.5) is 5.69 Å². The number of carbonyl (C=O) groups excluding carboxylic acids is 2. The molecule has 1 unspecified atom stereocenters. The number of rotatable bonds is 3. The molecule has 3 N–H and O–H groups in total. The van der Waals surface area contributed by atoms with Crippen LogP contribution in [0.1, 0.15) is 47.8 Å². The standard InChI is InChI=1S/C16H16N2O3S.C4H8O/c1-10-2-4-11(5-3-10)15-9-16(19)13-8-12(22(17,20)21)6-7-14(13)18-15;1-4(2)3-5/h2-8,15,18H,9H2,1H3,(H2,17,20,21);3-4H,1-2H3. The summed E-state index contributed by atoms with van der Waals surface area (Å²) in [6.07, 6.45) is 1.20. The third kappa shape index (κ3) is 5.48. The van der Waals surface area contributed by atoms with E-state index in [1.54, 1.807) is 6.07 Å². The van der Waals surface area contributed by atoms with Gasteiger partial charge in [0, 0.05) is 23.6 Å². The Labute approximate surface area is 159 Å². The topological polar surface area (TPSA) is 106 Å². The van der Waals surface area contributed by atoms with Crippen LogP contribution in [0.3, 0.4) is 0 Å². The zero-order valence-corrected chi connectivity index (χ0v) is 16.4. The fraction of sp³-hybridized carbons (Fsp3) is 0.300. The molecule has 0 radical (unpaired) electrons. The smallest absolute Gasteiger partial charge is 0.238 e. The molecule has 0 aromatic heterocycles. The van der Waals surface area contributed by atoms with Crippen LogP contribution in [0.15, 0.2) is 47.4 Å². The van der Waals surface area contributed by atoms with E-state index in [1.807, 2.05) is 45.0 Å². The number of carbonyl (C=O) groups is 2. The van der Waals surface area contributed by atoms with E-state index in [9.17, 15) is 18.0 Å². The number of hydrogen-bond acceptors (Lipinski definition) is 5. The van der Waals surface area contributed by atoms with E-state index in [-0.39, 0.29) is 29.1 Å². The van der Waals surface area contributed by atoms with E-state index in [2.05, 4.69) is 5.32 Å². The van der Waals surface area contributed by atoms with Crippen LogP contribution in [-0.4, -0.2) is 20.5 Å². The molecule has 0 aliphatic carbocycles. The highest BCUT2D eigenvalue weighted by Crippen LogP contribution is 2.33. The number of primary sulfonamides is 1. The molecule has 0 bridgehead atoms. The Balaban J connectivity index is 0.000000465. The maximum Gasteiger partial charge on any atom is 0.238 e. The molecule has 2 aromatic rings. The largest absolute Gasteiger partial charge is 0.377 e. The van der Waals surface area contributed by atoms with Crippen molar-refractivity contribution in [2.75, 3.05) is 5.32 Å². The molecule has 0 spiro atoms. The number of fused-ring (bicyclic) bond motifs is 1. The Morgan fingerprint density at radius 2 is 1.74 bits per heavy atom. The predicted octanol–water partition coefficient (Wildman–Crippen LogP) is 3.22. The van der Waals surface area contributed by atoms with Crippen LogP contribution in [0, 0.1) is 12.8 Å². The highest BCUT2D eigenvalue weighted by molar-refractivity contribution is 7.89. The van der Waals surface area contributed by atoms with Crippen LogP contribution < -0.4 is 10.5 Å². The first-order valence-electron chi connectivity index (χ1n) is 8.60. The molecule has 6 nitrogen and oxygen atoms in total. The first-order valence-corrected chi connectivity index (χ1v) is 10.1. The highest BCUT2D eigenvalue weighted by Gasteiger charge is 2.26. The number of aryl methyl sites for hydroxylation is 1. The summed E-state index contributed by atoms with van der Waals surface area (Å²) < 4.78 is 22.8. The van der Waals surface area contributed by atoms with E-state index >= 15 is 0 Å². The summed E-state index contributed by atoms with van der Waals surface area (Å²) in [4.78, 5) is 21.8. The lowest BCUT2D eigenvalue weighted by molar-refractivity contribution is -0.110. The van der Waals surface area contributed by atoms with Gasteiger partial charge in [-0.25, -0.2) is 13.6 Å². The number of sulfonamides is 1. The third-order valence-corrected chi connectivity index (χ3v) is 5.00. The van der Waals surface area contributed by atoms with E-state index in [1.165, 1.54) is 12.1 Å². The summed E-state index contributed by atoms with van der Waals surface area (Å²) in [5.41, 5.74) is 3.19. The van der Waals surface area contributed by atoms with Gasteiger partial charge in [0.1, 0.15) is 6.29 Å². The lowest BCUT2D eigenvalue weighted by atomic mass is 9.92. The summed E-state index contributed by atoms with van der Waals surface area (Å²) in [5.74, 6) is 0.111. The maximum absolute atomic E-state index is 12.3. The molecule has 7 heteroatoms. The van der Waals surface area contributed by atoms with Crippen molar-refractivity contribution >= 4 is 27.8 Å². The number of anilines is 1. The van der Waals surface area contributed by atoms with Gasteiger partial charge in [-0.2, -0.15) is 0 Å². The fourth-order valence-electron chi connectivity index (χ4n) is 2.59. The maximum atomic E-state index is 12.3. The van der Waals surface area contributed by atoms with E-state index in [0.29, 0.717) is 11.3 Å². The van der Waals surface area contributed by atoms with Crippen LogP contribution >= 0.6 is 0 Å². The summed E-state index contributed by atoms with van der Waals surface area (Å²) in [5, 5.41) is 8.39. The van der Waals surface area contributed by atoms with Crippen LogP contribution in [-0.2, 0) is 14.8 Å². The zero-order valence-electron chi connectivity index (χ0n) is 15.6. The van der Waals surface area contributed by atoms with Gasteiger partial charge in [-0.3, -0.25) is 4.79 Å². The van der Waals surface area contributed by atoms with Gasteiger partial charge in [0.05, 0.1) is 10.9 Å². The Bertz CT molecular complexity index is 935. The molecule has 1 heterocycles. The molecule has 0 fully saturated rings. The zero-order chi connectivity index (χ0) is 20.2. The minimum absolute atomic E-state index is 0.0461. The van der Waals surface area contributed by atoms with Crippen LogP contribution in [0.25, 0.3) is 0 Å². The molecule has 2 aromatic carbocycles. The lowest BCUT2D eigenvalue weighted by Gasteiger charge is -2.27. The molecule has 27 heavy (non-hydrogen) atoms. The lowest BCUT2D eigenvalue weighted by Crippen LogP contribution is -2.23. The first kappa shape index (κ1) is 20.8. The van der Waals surface area contributed by atoms with E-state index < -0.39 is 10.0 Å². The quantitative estimate of drug-likeness (QED) is 0.785. The Hall–Kier alpha value is -2.51. The van der Waals surface area contributed by atoms with Gasteiger partial charge in [-0.1, -0.05) is 43.7 Å². The second-order valence-corrected chi connectivity index (χ2v) is 8.43. The van der Waals surface area contributed by atoms with E-state index in [4.69, 9.17) is 5.14 Å². The molecule has 144 valence electrons. The van der Waals surface area contributed by atoms with Crippen molar-refractivity contribution in [1.29, 1.82) is 0 Å². The first-order chi connectivity index (χ1) is 12.6. The average Bonchev–Trinajstić information content (AvgIpc) is 2.61. The minimum Gasteiger partial charge on any atom is -0.377 e. The van der Waals surface area contributed by atoms with Crippen molar-refractivity contribution in [3.63, 3.8) is 0 Å². The highest BCUT2D eigenvalue weighted by atomic mass is 32.2. The number of nitrogens with one attached hydrogen (secondary N) is 1. The van der Waals surface area contributed by atoms with Crippen LogP contribution in [0.2, 0.25) is 0 Å². The summed E-state index contributed by atoms with van der Waals surface area (Å²) in [7, 11) is -3.81. The van der Waals surface area contributed by atoms with Crippen molar-refractivity contribution < 1.29 is 18.0 Å². The van der Waals surface area contributed by atoms with Crippen molar-refractivity contribution in [1.82, 2.24) is 0 Å². The van der Waals surface area contributed by atoms with Crippen LogP contribution in [0.5, 0.6) is 0 Å². The van der Waals surface area contributed by atoms with Gasteiger partial charge < -0.3 is 10.1 Å². The molecule has 1 atom stereocenters. The number of nitrogens with two attached hydrogens (primary N) is 1. The Kier molecular flexibility index (Phi) is 6.51. The molecule has 0 saturated heterocycles. The number of hydrogen-bond donors (Lipinski definition) is 2. The average molecular weight is 388 g/mol. The van der Waals surface area contributed by atoms with Gasteiger partial charge >= 0.3 is 0 Å². The number of ketones is 1. The number of aldehydes is 1. The molecule has 0 saturated carbocycles.